The van der Waals surface area contributed by atoms with Gasteiger partial charge in [0, 0.05) is 18.1 Å². The molecule has 0 spiro atoms. The van der Waals surface area contributed by atoms with Gasteiger partial charge in [-0.15, -0.1) is 0 Å². The summed E-state index contributed by atoms with van der Waals surface area (Å²) in [7, 11) is -3.46. The first-order chi connectivity index (χ1) is 15.9. The van der Waals surface area contributed by atoms with Crippen LogP contribution in [-0.4, -0.2) is 47.3 Å². The normalized spacial score (nSPS) is 24.4. The van der Waals surface area contributed by atoms with Gasteiger partial charge in [-0.25, -0.2) is 18.5 Å². The number of sulfonamides is 1. The molecule has 2 aliphatic rings. The number of hydrogen-bond donors (Lipinski definition) is 1. The van der Waals surface area contributed by atoms with Crippen LogP contribution in [0.25, 0.3) is 11.0 Å². The molecule has 33 heavy (non-hydrogen) atoms. The summed E-state index contributed by atoms with van der Waals surface area (Å²) >= 11 is 0. The Hall–Kier alpha value is -2.22. The maximum absolute atomic E-state index is 11.6. The molecular weight excluding hydrogens is 432 g/mol. The minimum atomic E-state index is -3.46. The molecule has 0 aliphatic carbocycles. The van der Waals surface area contributed by atoms with Crippen LogP contribution in [0.4, 0.5) is 0 Å². The maximum atomic E-state index is 11.6. The third-order valence-electron chi connectivity index (χ3n) is 7.75. The number of para-hydroxylation sites is 2. The van der Waals surface area contributed by atoms with Gasteiger partial charge in [-0.2, -0.15) is 0 Å². The lowest BCUT2D eigenvalue weighted by atomic mass is 9.91. The Kier molecular flexibility index (Phi) is 6.29. The van der Waals surface area contributed by atoms with Crippen LogP contribution in [0.2, 0.25) is 0 Å². The summed E-state index contributed by atoms with van der Waals surface area (Å²) in [4.78, 5) is 7.51. The Labute approximate surface area is 196 Å². The molecular formula is C26H34N4O2S. The fourth-order valence-electron chi connectivity index (χ4n) is 6.26. The van der Waals surface area contributed by atoms with Crippen molar-refractivity contribution in [3.8, 4) is 0 Å². The third-order valence-corrected chi connectivity index (χ3v) is 8.56. The summed E-state index contributed by atoms with van der Waals surface area (Å²) in [5, 5.41) is 5.32. The van der Waals surface area contributed by atoms with Crippen LogP contribution in [0.1, 0.15) is 61.9 Å². The number of primary sulfonamides is 1. The number of imidazole rings is 1. The molecule has 6 nitrogen and oxygen atoms in total. The summed E-state index contributed by atoms with van der Waals surface area (Å²) < 4.78 is 25.7. The Balaban J connectivity index is 1.29. The van der Waals surface area contributed by atoms with E-state index in [2.05, 4.69) is 52.8 Å². The van der Waals surface area contributed by atoms with E-state index in [1.54, 1.807) is 0 Å². The van der Waals surface area contributed by atoms with Gasteiger partial charge in [0.1, 0.15) is 5.82 Å². The SMILES string of the molecule is Cc1nc2ccccc2n1C1CC2CCC(C1)N2CCC(CCS(N)(=O)=O)c1ccccc1. The summed E-state index contributed by atoms with van der Waals surface area (Å²) in [5.74, 6) is 1.36. The quantitative estimate of drug-likeness (QED) is 0.535. The minimum Gasteiger partial charge on any atom is -0.325 e. The Morgan fingerprint density at radius 2 is 1.64 bits per heavy atom. The zero-order chi connectivity index (χ0) is 23.0. The van der Waals surface area contributed by atoms with Gasteiger partial charge in [0.05, 0.1) is 16.8 Å². The summed E-state index contributed by atoms with van der Waals surface area (Å²) in [6.45, 7) is 3.14. The van der Waals surface area contributed by atoms with Crippen LogP contribution in [0, 0.1) is 6.92 Å². The number of benzene rings is 2. The molecule has 0 saturated carbocycles. The van der Waals surface area contributed by atoms with Gasteiger partial charge in [0.15, 0.2) is 0 Å². The van der Waals surface area contributed by atoms with E-state index >= 15 is 0 Å². The molecule has 2 aromatic carbocycles. The number of fused-ring (bicyclic) bond motifs is 3. The molecule has 0 amide bonds. The molecule has 3 unspecified atom stereocenters. The number of piperidine rings is 1. The summed E-state index contributed by atoms with van der Waals surface area (Å²) in [6.07, 6.45) is 6.36. The summed E-state index contributed by atoms with van der Waals surface area (Å²) in [5.41, 5.74) is 3.55. The van der Waals surface area contributed by atoms with Crippen LogP contribution in [0.3, 0.4) is 0 Å². The van der Waals surface area contributed by atoms with Crippen molar-refractivity contribution in [3.05, 3.63) is 66.0 Å². The molecule has 2 fully saturated rings. The molecule has 1 aromatic heterocycles. The highest BCUT2D eigenvalue weighted by Gasteiger charge is 2.41. The Morgan fingerprint density at radius 1 is 0.970 bits per heavy atom. The topological polar surface area (TPSA) is 81.2 Å². The highest BCUT2D eigenvalue weighted by molar-refractivity contribution is 7.89. The second-order valence-corrected chi connectivity index (χ2v) is 11.6. The maximum Gasteiger partial charge on any atom is 0.209 e. The second kappa shape index (κ2) is 9.20. The first-order valence-electron chi connectivity index (χ1n) is 12.1. The van der Waals surface area contributed by atoms with E-state index in [-0.39, 0.29) is 11.7 Å². The predicted molar refractivity (Wildman–Crippen MR) is 133 cm³/mol. The first-order valence-corrected chi connectivity index (χ1v) is 13.9. The molecule has 5 rings (SSSR count). The smallest absolute Gasteiger partial charge is 0.209 e. The van der Waals surface area contributed by atoms with E-state index < -0.39 is 10.0 Å². The molecule has 2 aliphatic heterocycles. The van der Waals surface area contributed by atoms with Crippen LogP contribution in [-0.2, 0) is 10.0 Å². The number of nitrogens with zero attached hydrogens (tertiary/aromatic N) is 3. The van der Waals surface area contributed by atoms with Crippen molar-refractivity contribution in [1.82, 2.24) is 14.5 Å². The second-order valence-electron chi connectivity index (χ2n) is 9.82. The van der Waals surface area contributed by atoms with E-state index in [1.807, 2.05) is 18.2 Å². The lowest BCUT2D eigenvalue weighted by molar-refractivity contribution is 0.104. The standard InChI is InChI=1S/C26H34N4O2S/c1-19-28-25-9-5-6-10-26(25)30(19)24-17-22-11-12-23(18-24)29(22)15-13-21(14-16-33(27,31)32)20-7-3-2-4-8-20/h2-10,21-24H,11-18H2,1H3,(H2,27,31,32). The van der Waals surface area contributed by atoms with Crippen molar-refractivity contribution in [3.63, 3.8) is 0 Å². The van der Waals surface area contributed by atoms with Crippen molar-refractivity contribution >= 4 is 21.1 Å². The fourth-order valence-corrected chi connectivity index (χ4v) is 6.87. The molecule has 176 valence electrons. The molecule has 2 N–H and O–H groups in total. The number of rotatable bonds is 8. The van der Waals surface area contributed by atoms with Gasteiger partial charge in [-0.05, 0) is 75.6 Å². The van der Waals surface area contributed by atoms with Gasteiger partial charge in [-0.3, -0.25) is 4.90 Å². The third kappa shape index (κ3) is 4.86. The van der Waals surface area contributed by atoms with Gasteiger partial charge in [-0.1, -0.05) is 42.5 Å². The number of nitrogens with two attached hydrogens (primary N) is 1. The molecule has 2 bridgehead atoms. The number of aromatic nitrogens is 2. The van der Waals surface area contributed by atoms with Gasteiger partial charge >= 0.3 is 0 Å². The van der Waals surface area contributed by atoms with E-state index in [4.69, 9.17) is 10.1 Å². The zero-order valence-corrected chi connectivity index (χ0v) is 20.1. The summed E-state index contributed by atoms with van der Waals surface area (Å²) in [6, 6.07) is 20.4. The minimum absolute atomic E-state index is 0.0362. The highest BCUT2D eigenvalue weighted by atomic mass is 32.2. The van der Waals surface area contributed by atoms with Crippen molar-refractivity contribution < 1.29 is 8.42 Å². The number of aryl methyl sites for hydroxylation is 1. The van der Waals surface area contributed by atoms with Crippen LogP contribution in [0.5, 0.6) is 0 Å². The average molecular weight is 467 g/mol. The Morgan fingerprint density at radius 3 is 2.33 bits per heavy atom. The lowest BCUT2D eigenvalue weighted by Crippen LogP contribution is -2.44. The monoisotopic (exact) mass is 466 g/mol. The Bertz CT molecular complexity index is 1190. The highest BCUT2D eigenvalue weighted by Crippen LogP contribution is 2.43. The van der Waals surface area contributed by atoms with Crippen LogP contribution in [0.15, 0.2) is 54.6 Å². The fraction of sp³-hybridized carbons (Fsp3) is 0.500. The lowest BCUT2D eigenvalue weighted by Gasteiger charge is -2.40. The van der Waals surface area contributed by atoms with Gasteiger partial charge < -0.3 is 4.57 Å². The average Bonchev–Trinajstić information content (AvgIpc) is 3.24. The van der Waals surface area contributed by atoms with E-state index in [0.29, 0.717) is 24.5 Å². The molecule has 3 heterocycles. The van der Waals surface area contributed by atoms with Crippen molar-refractivity contribution in [1.29, 1.82) is 0 Å². The van der Waals surface area contributed by atoms with Crippen molar-refractivity contribution in [2.24, 2.45) is 5.14 Å². The number of hydrogen-bond acceptors (Lipinski definition) is 4. The molecule has 2 saturated heterocycles. The van der Waals surface area contributed by atoms with E-state index in [1.165, 1.54) is 23.9 Å². The molecule has 0 radical (unpaired) electrons. The van der Waals surface area contributed by atoms with Crippen LogP contribution < -0.4 is 5.14 Å². The van der Waals surface area contributed by atoms with Crippen LogP contribution >= 0.6 is 0 Å². The van der Waals surface area contributed by atoms with Crippen molar-refractivity contribution in [2.45, 2.75) is 69.5 Å². The van der Waals surface area contributed by atoms with Gasteiger partial charge in [0.2, 0.25) is 10.0 Å². The predicted octanol–water partition coefficient (Wildman–Crippen LogP) is 4.37. The molecule has 3 aromatic rings. The zero-order valence-electron chi connectivity index (χ0n) is 19.3. The largest absolute Gasteiger partial charge is 0.325 e. The van der Waals surface area contributed by atoms with E-state index in [9.17, 15) is 8.42 Å². The molecule has 7 heteroatoms. The molecule has 3 atom stereocenters. The van der Waals surface area contributed by atoms with Crippen molar-refractivity contribution in [2.75, 3.05) is 12.3 Å². The van der Waals surface area contributed by atoms with Gasteiger partial charge in [0.25, 0.3) is 0 Å². The van der Waals surface area contributed by atoms with E-state index in [0.717, 1.165) is 37.1 Å². The first kappa shape index (κ1) is 22.6.